The summed E-state index contributed by atoms with van der Waals surface area (Å²) in [4.78, 5) is 38.6. The normalized spacial score (nSPS) is 18.6. The Morgan fingerprint density at radius 1 is 1.36 bits per heavy atom. The molecule has 2 heterocycles. The first-order valence-electron chi connectivity index (χ1n) is 7.48. The average Bonchev–Trinajstić information content (AvgIpc) is 3.12. The van der Waals surface area contributed by atoms with Crippen molar-refractivity contribution >= 4 is 29.2 Å². The lowest BCUT2D eigenvalue weighted by Gasteiger charge is -2.17. The number of hydrogen-bond donors (Lipinski definition) is 1. The van der Waals surface area contributed by atoms with Crippen LogP contribution in [0.25, 0.3) is 0 Å². The molecule has 1 fully saturated rings. The van der Waals surface area contributed by atoms with Crippen LogP contribution in [0, 0.1) is 0 Å². The Hall–Kier alpha value is -1.89. The van der Waals surface area contributed by atoms with Gasteiger partial charge in [-0.1, -0.05) is 0 Å². The van der Waals surface area contributed by atoms with Crippen LogP contribution in [-0.4, -0.2) is 42.0 Å². The van der Waals surface area contributed by atoms with E-state index in [2.05, 4.69) is 5.32 Å². The number of esters is 1. The number of urea groups is 1. The number of amides is 3. The van der Waals surface area contributed by atoms with Crippen molar-refractivity contribution in [2.24, 2.45) is 0 Å². The zero-order chi connectivity index (χ0) is 15.7. The lowest BCUT2D eigenvalue weighted by molar-refractivity contribution is -0.135. The van der Waals surface area contributed by atoms with Crippen molar-refractivity contribution in [2.75, 3.05) is 13.1 Å². The molecule has 1 N–H and O–H groups in total. The number of carbonyl (C=O) groups is 3. The van der Waals surface area contributed by atoms with Gasteiger partial charge in [-0.25, -0.2) is 9.59 Å². The second kappa shape index (κ2) is 6.08. The molecule has 1 aliphatic heterocycles. The fourth-order valence-corrected chi connectivity index (χ4v) is 3.90. The molecule has 1 atom stereocenters. The van der Waals surface area contributed by atoms with Gasteiger partial charge < -0.3 is 10.1 Å². The molecule has 0 aromatic carbocycles. The predicted octanol–water partition coefficient (Wildman–Crippen LogP) is 1.72. The van der Waals surface area contributed by atoms with E-state index in [-0.39, 0.29) is 0 Å². The smallest absolute Gasteiger partial charge is 0.349 e. The maximum absolute atomic E-state index is 12.2. The minimum Gasteiger partial charge on any atom is -0.448 e. The highest BCUT2D eigenvalue weighted by Gasteiger charge is 2.32. The maximum atomic E-state index is 12.2. The summed E-state index contributed by atoms with van der Waals surface area (Å²) in [5.74, 6) is -0.968. The van der Waals surface area contributed by atoms with Crippen LogP contribution in [-0.2, 0) is 22.4 Å². The van der Waals surface area contributed by atoms with Crippen molar-refractivity contribution in [1.29, 1.82) is 0 Å². The largest absolute Gasteiger partial charge is 0.448 e. The van der Waals surface area contributed by atoms with Crippen molar-refractivity contribution in [1.82, 2.24) is 10.2 Å². The Morgan fingerprint density at radius 2 is 2.14 bits per heavy atom. The highest BCUT2D eigenvalue weighted by atomic mass is 32.1. The molecule has 0 spiro atoms. The number of nitrogens with zero attached hydrogens (tertiary/aromatic N) is 1. The zero-order valence-electron chi connectivity index (χ0n) is 12.4. The molecule has 0 saturated carbocycles. The van der Waals surface area contributed by atoms with Crippen LogP contribution in [0.2, 0.25) is 0 Å². The third-order valence-corrected chi connectivity index (χ3v) is 5.17. The molecule has 7 heteroatoms. The quantitative estimate of drug-likeness (QED) is 0.860. The van der Waals surface area contributed by atoms with Crippen molar-refractivity contribution in [3.8, 4) is 0 Å². The molecule has 0 bridgehead atoms. The fourth-order valence-electron chi connectivity index (χ4n) is 2.76. The first-order valence-corrected chi connectivity index (χ1v) is 8.29. The summed E-state index contributed by atoms with van der Waals surface area (Å²) in [6.45, 7) is 2.25. The van der Waals surface area contributed by atoms with Gasteiger partial charge in [0.25, 0.3) is 5.91 Å². The summed E-state index contributed by atoms with van der Waals surface area (Å²) in [6.07, 6.45) is 3.35. The number of aryl methyl sites for hydroxylation is 2. The summed E-state index contributed by atoms with van der Waals surface area (Å²) >= 11 is 1.45. The molecule has 6 nitrogen and oxygen atoms in total. The first kappa shape index (κ1) is 15.0. The topological polar surface area (TPSA) is 75.7 Å². The van der Waals surface area contributed by atoms with Crippen molar-refractivity contribution in [3.63, 3.8) is 0 Å². The molecule has 1 aliphatic carbocycles. The molecule has 1 unspecified atom stereocenters. The molecular formula is C15H18N2O4S. The first-order chi connectivity index (χ1) is 10.6. The van der Waals surface area contributed by atoms with E-state index in [1.807, 2.05) is 6.07 Å². The van der Waals surface area contributed by atoms with E-state index >= 15 is 0 Å². The molecule has 3 amide bonds. The molecule has 1 aromatic rings. The van der Waals surface area contributed by atoms with Gasteiger partial charge in [-0.2, -0.15) is 0 Å². The standard InChI is InChI=1S/C15H18N2O4S/c1-9(13(18)17-7-6-16-15(17)20)21-14(19)12-8-10-4-2-3-5-11(10)22-12/h8-9H,2-7H2,1H3,(H,16,20). The highest BCUT2D eigenvalue weighted by molar-refractivity contribution is 7.14. The lowest BCUT2D eigenvalue weighted by atomic mass is 9.99. The third kappa shape index (κ3) is 2.85. The van der Waals surface area contributed by atoms with Crippen LogP contribution in [0.4, 0.5) is 4.79 Å². The average molecular weight is 322 g/mol. The van der Waals surface area contributed by atoms with E-state index in [9.17, 15) is 14.4 Å². The van der Waals surface area contributed by atoms with Gasteiger partial charge >= 0.3 is 12.0 Å². The maximum Gasteiger partial charge on any atom is 0.349 e. The second-order valence-corrected chi connectivity index (χ2v) is 6.67. The lowest BCUT2D eigenvalue weighted by Crippen LogP contribution is -2.41. The van der Waals surface area contributed by atoms with Crippen LogP contribution in [0.15, 0.2) is 6.07 Å². The molecule has 3 rings (SSSR count). The molecular weight excluding hydrogens is 304 g/mol. The Kier molecular flexibility index (Phi) is 4.15. The van der Waals surface area contributed by atoms with Crippen molar-refractivity contribution < 1.29 is 19.1 Å². The minimum atomic E-state index is -0.963. The van der Waals surface area contributed by atoms with Crippen molar-refractivity contribution in [2.45, 2.75) is 38.7 Å². The molecule has 1 saturated heterocycles. The Morgan fingerprint density at radius 3 is 2.82 bits per heavy atom. The number of fused-ring (bicyclic) bond motifs is 1. The van der Waals surface area contributed by atoms with E-state index in [0.717, 1.165) is 30.6 Å². The summed E-state index contributed by atoms with van der Waals surface area (Å²) in [7, 11) is 0. The molecule has 22 heavy (non-hydrogen) atoms. The number of hydrogen-bond acceptors (Lipinski definition) is 5. The number of nitrogens with one attached hydrogen (secondary N) is 1. The van der Waals surface area contributed by atoms with E-state index in [0.29, 0.717) is 18.0 Å². The SMILES string of the molecule is CC(OC(=O)c1cc2c(s1)CCCC2)C(=O)N1CCNC1=O. The number of rotatable bonds is 3. The van der Waals surface area contributed by atoms with Gasteiger partial charge in [0, 0.05) is 18.0 Å². The Bertz CT molecular complexity index is 602. The Labute approximate surface area is 132 Å². The van der Waals surface area contributed by atoms with Crippen molar-refractivity contribution in [3.05, 3.63) is 21.4 Å². The summed E-state index contributed by atoms with van der Waals surface area (Å²) in [6, 6.07) is 1.45. The predicted molar refractivity (Wildman–Crippen MR) is 81.0 cm³/mol. The van der Waals surface area contributed by atoms with Crippen LogP contribution >= 0.6 is 11.3 Å². The molecule has 2 aliphatic rings. The van der Waals surface area contributed by atoms with Gasteiger partial charge in [0.15, 0.2) is 6.10 Å². The summed E-state index contributed by atoms with van der Waals surface area (Å²) in [5.41, 5.74) is 1.22. The van der Waals surface area contributed by atoms with Crippen LogP contribution in [0.3, 0.4) is 0 Å². The zero-order valence-corrected chi connectivity index (χ0v) is 13.2. The highest BCUT2D eigenvalue weighted by Crippen LogP contribution is 2.30. The van der Waals surface area contributed by atoms with Gasteiger partial charge in [0.05, 0.1) is 0 Å². The van der Waals surface area contributed by atoms with Gasteiger partial charge in [0.1, 0.15) is 4.88 Å². The van der Waals surface area contributed by atoms with Gasteiger partial charge in [0.2, 0.25) is 0 Å². The third-order valence-electron chi connectivity index (χ3n) is 3.95. The molecule has 1 aromatic heterocycles. The molecule has 0 radical (unpaired) electrons. The second-order valence-electron chi connectivity index (χ2n) is 5.54. The van der Waals surface area contributed by atoms with Crippen LogP contribution in [0.1, 0.15) is 39.9 Å². The fraction of sp³-hybridized carbons (Fsp3) is 0.533. The van der Waals surface area contributed by atoms with Crippen LogP contribution < -0.4 is 5.32 Å². The van der Waals surface area contributed by atoms with E-state index in [1.165, 1.54) is 28.7 Å². The van der Waals surface area contributed by atoms with E-state index < -0.39 is 24.0 Å². The minimum absolute atomic E-state index is 0.312. The summed E-state index contributed by atoms with van der Waals surface area (Å²) in [5, 5.41) is 2.55. The number of imide groups is 1. The Balaban J connectivity index is 1.64. The monoisotopic (exact) mass is 322 g/mol. The van der Waals surface area contributed by atoms with Gasteiger partial charge in [-0.15, -0.1) is 11.3 Å². The van der Waals surface area contributed by atoms with Gasteiger partial charge in [-0.3, -0.25) is 9.69 Å². The van der Waals surface area contributed by atoms with E-state index in [1.54, 1.807) is 0 Å². The van der Waals surface area contributed by atoms with E-state index in [4.69, 9.17) is 4.74 Å². The number of carbonyl (C=O) groups excluding carboxylic acids is 3. The van der Waals surface area contributed by atoms with Gasteiger partial charge in [-0.05, 0) is 44.2 Å². The van der Waals surface area contributed by atoms with Crippen LogP contribution in [0.5, 0.6) is 0 Å². The number of ether oxygens (including phenoxy) is 1. The number of thiophene rings is 1. The molecule has 118 valence electrons. The summed E-state index contributed by atoms with van der Waals surface area (Å²) < 4.78 is 5.24.